The van der Waals surface area contributed by atoms with Gasteiger partial charge in [0.15, 0.2) is 0 Å². The van der Waals surface area contributed by atoms with Crippen molar-refractivity contribution in [3.63, 3.8) is 0 Å². The molecule has 33 heavy (non-hydrogen) atoms. The number of nitrogens with zero attached hydrogens (tertiary/aromatic N) is 2. The topological polar surface area (TPSA) is 159 Å². The fourth-order valence-corrected chi connectivity index (χ4v) is 3.37. The monoisotopic (exact) mass is 464 g/mol. The summed E-state index contributed by atoms with van der Waals surface area (Å²) in [5, 5.41) is 10.9. The minimum absolute atomic E-state index is 0.0346. The number of nitrogens with one attached hydrogen (secondary N) is 3. The second-order valence-electron chi connectivity index (χ2n) is 7.07. The molecule has 2 aromatic rings. The molecule has 0 aromatic heterocycles. The van der Waals surface area contributed by atoms with Crippen molar-refractivity contribution in [2.75, 3.05) is 11.1 Å². The first kappa shape index (κ1) is 23.7. The highest BCUT2D eigenvalue weighted by atomic mass is 19.4. The first-order chi connectivity index (χ1) is 15.5. The summed E-state index contributed by atoms with van der Waals surface area (Å²) in [6.07, 6.45) is -3.88. The number of carbonyl (C=O) groups excluding carboxylic acids is 1. The van der Waals surface area contributed by atoms with Gasteiger partial charge in [-0.3, -0.25) is 15.2 Å². The Balaban J connectivity index is 2.06. The SMILES string of the molecule is CC1=C(C(=O)Nc2ccc(N)c(C=N)c2)C(c2ccc(C(F)(F)F)c(F)c2)N(N)C(NN)=N1. The highest BCUT2D eigenvalue weighted by Crippen LogP contribution is 2.37. The molecule has 1 unspecified atom stereocenters. The quantitative estimate of drug-likeness (QED) is 0.134. The van der Waals surface area contributed by atoms with Crippen molar-refractivity contribution >= 4 is 29.5 Å². The van der Waals surface area contributed by atoms with Crippen LogP contribution < -0.4 is 28.2 Å². The van der Waals surface area contributed by atoms with Gasteiger partial charge in [0.1, 0.15) is 11.9 Å². The largest absolute Gasteiger partial charge is 0.419 e. The summed E-state index contributed by atoms with van der Waals surface area (Å²) in [5.41, 5.74) is 7.57. The molecule has 9 nitrogen and oxygen atoms in total. The molecular formula is C20H20F4N8O. The summed E-state index contributed by atoms with van der Waals surface area (Å²) in [5.74, 6) is 9.15. The van der Waals surface area contributed by atoms with Crippen LogP contribution in [0.1, 0.15) is 29.7 Å². The van der Waals surface area contributed by atoms with Gasteiger partial charge >= 0.3 is 6.18 Å². The molecule has 9 N–H and O–H groups in total. The van der Waals surface area contributed by atoms with E-state index < -0.39 is 29.5 Å². The maximum absolute atomic E-state index is 14.3. The van der Waals surface area contributed by atoms with Crippen LogP contribution in [0.3, 0.4) is 0 Å². The predicted molar refractivity (Wildman–Crippen MR) is 115 cm³/mol. The molecule has 1 amide bonds. The van der Waals surface area contributed by atoms with E-state index in [4.69, 9.17) is 22.8 Å². The molecule has 0 aliphatic carbocycles. The summed E-state index contributed by atoms with van der Waals surface area (Å²) in [4.78, 5) is 17.3. The number of alkyl halides is 3. The van der Waals surface area contributed by atoms with Crippen LogP contribution in [0.4, 0.5) is 28.9 Å². The van der Waals surface area contributed by atoms with Gasteiger partial charge in [0.2, 0.25) is 5.96 Å². The minimum Gasteiger partial charge on any atom is -0.398 e. The van der Waals surface area contributed by atoms with Gasteiger partial charge in [-0.25, -0.2) is 21.1 Å². The van der Waals surface area contributed by atoms with Crippen molar-refractivity contribution in [3.8, 4) is 0 Å². The number of nitrogen functional groups attached to an aromatic ring is 1. The number of rotatable bonds is 4. The zero-order valence-electron chi connectivity index (χ0n) is 17.2. The zero-order valence-corrected chi connectivity index (χ0v) is 17.2. The molecule has 174 valence electrons. The minimum atomic E-state index is -4.89. The maximum atomic E-state index is 14.3. The van der Waals surface area contributed by atoms with E-state index in [1.165, 1.54) is 25.1 Å². The van der Waals surface area contributed by atoms with Crippen LogP contribution in [0.25, 0.3) is 0 Å². The standard InChI is InChI=1S/C20H20F4N8O/c1-9-16(18(33)30-12-3-5-15(26)11(6-12)8-25)17(32(28)19(29-9)31-27)10-2-4-13(14(21)7-10)20(22,23)24/h2-8,17,25H,26-28H2,1H3,(H,29,31)(H,30,33). The lowest BCUT2D eigenvalue weighted by molar-refractivity contribution is -0.140. The van der Waals surface area contributed by atoms with Gasteiger partial charge in [0, 0.05) is 23.2 Å². The summed E-state index contributed by atoms with van der Waals surface area (Å²) < 4.78 is 53.3. The molecule has 0 saturated carbocycles. The Kier molecular flexibility index (Phi) is 6.37. The van der Waals surface area contributed by atoms with Gasteiger partial charge in [-0.05, 0) is 42.8 Å². The van der Waals surface area contributed by atoms with Crippen LogP contribution in [-0.2, 0) is 11.0 Å². The van der Waals surface area contributed by atoms with E-state index >= 15 is 0 Å². The Bertz CT molecular complexity index is 1180. The lowest BCUT2D eigenvalue weighted by atomic mass is 9.93. The van der Waals surface area contributed by atoms with E-state index in [1.54, 1.807) is 0 Å². The number of guanidine groups is 1. The van der Waals surface area contributed by atoms with Crippen LogP contribution in [0.2, 0.25) is 0 Å². The number of amides is 1. The number of carbonyl (C=O) groups is 1. The van der Waals surface area contributed by atoms with Crippen LogP contribution in [0.5, 0.6) is 0 Å². The molecule has 1 heterocycles. The Morgan fingerprint density at radius 2 is 1.94 bits per heavy atom. The number of nitrogens with two attached hydrogens (primary N) is 3. The third-order valence-corrected chi connectivity index (χ3v) is 4.95. The first-order valence-electron chi connectivity index (χ1n) is 9.36. The molecule has 0 bridgehead atoms. The molecule has 13 heteroatoms. The van der Waals surface area contributed by atoms with Gasteiger partial charge in [-0.2, -0.15) is 13.2 Å². The summed E-state index contributed by atoms with van der Waals surface area (Å²) >= 11 is 0. The molecule has 2 aromatic carbocycles. The van der Waals surface area contributed by atoms with Crippen molar-refractivity contribution < 1.29 is 22.4 Å². The second kappa shape index (κ2) is 8.88. The fraction of sp³-hybridized carbons (Fsp3) is 0.150. The Morgan fingerprint density at radius 3 is 2.52 bits per heavy atom. The van der Waals surface area contributed by atoms with Crippen molar-refractivity contribution in [3.05, 3.63) is 70.2 Å². The third kappa shape index (κ3) is 4.63. The molecule has 1 aliphatic heterocycles. The van der Waals surface area contributed by atoms with Crippen LogP contribution in [-0.4, -0.2) is 23.1 Å². The highest BCUT2D eigenvalue weighted by Gasteiger charge is 2.38. The van der Waals surface area contributed by atoms with Gasteiger partial charge in [-0.15, -0.1) is 0 Å². The Morgan fingerprint density at radius 1 is 1.24 bits per heavy atom. The number of hydrazine groups is 2. The molecule has 3 rings (SSSR count). The number of allylic oxidation sites excluding steroid dienone is 1. The number of hydrogen-bond acceptors (Lipinski definition) is 8. The maximum Gasteiger partial charge on any atom is 0.419 e. The van der Waals surface area contributed by atoms with E-state index in [1.807, 2.05) is 0 Å². The van der Waals surface area contributed by atoms with Crippen LogP contribution >= 0.6 is 0 Å². The first-order valence-corrected chi connectivity index (χ1v) is 9.36. The predicted octanol–water partition coefficient (Wildman–Crippen LogP) is 2.39. The van der Waals surface area contributed by atoms with Crippen molar-refractivity contribution in [1.82, 2.24) is 10.4 Å². The van der Waals surface area contributed by atoms with E-state index in [2.05, 4.69) is 15.7 Å². The summed E-state index contributed by atoms with van der Waals surface area (Å²) in [6.45, 7) is 1.47. The molecule has 0 spiro atoms. The molecule has 0 radical (unpaired) electrons. The molecule has 0 saturated heterocycles. The lowest BCUT2D eigenvalue weighted by Crippen LogP contribution is -2.53. The Labute approximate surface area is 185 Å². The molecular weight excluding hydrogens is 444 g/mol. The number of aliphatic imine (C=N–C) groups is 1. The average molecular weight is 464 g/mol. The fourth-order valence-electron chi connectivity index (χ4n) is 3.37. The van der Waals surface area contributed by atoms with Gasteiger partial charge < -0.3 is 16.5 Å². The molecule has 0 fully saturated rings. The van der Waals surface area contributed by atoms with Crippen molar-refractivity contribution in [1.29, 1.82) is 5.41 Å². The number of benzene rings is 2. The summed E-state index contributed by atoms with van der Waals surface area (Å²) in [6, 6.07) is 5.48. The third-order valence-electron chi connectivity index (χ3n) is 4.95. The van der Waals surface area contributed by atoms with Crippen molar-refractivity contribution in [2.45, 2.75) is 19.1 Å². The zero-order chi connectivity index (χ0) is 24.5. The van der Waals surface area contributed by atoms with E-state index in [-0.39, 0.29) is 22.8 Å². The Hall–Kier alpha value is -3.97. The summed E-state index contributed by atoms with van der Waals surface area (Å²) in [7, 11) is 0. The lowest BCUT2D eigenvalue weighted by Gasteiger charge is -2.35. The van der Waals surface area contributed by atoms with E-state index in [0.717, 1.165) is 17.3 Å². The van der Waals surface area contributed by atoms with Crippen LogP contribution in [0, 0.1) is 11.2 Å². The number of hydrogen-bond donors (Lipinski definition) is 6. The smallest absolute Gasteiger partial charge is 0.398 e. The highest BCUT2D eigenvalue weighted by molar-refractivity contribution is 6.07. The molecule has 1 aliphatic rings. The van der Waals surface area contributed by atoms with E-state index in [9.17, 15) is 22.4 Å². The van der Waals surface area contributed by atoms with Gasteiger partial charge in [-0.1, -0.05) is 6.07 Å². The van der Waals surface area contributed by atoms with E-state index in [0.29, 0.717) is 29.1 Å². The van der Waals surface area contributed by atoms with Crippen molar-refractivity contribution in [2.24, 2.45) is 16.7 Å². The van der Waals surface area contributed by atoms with Gasteiger partial charge in [0.25, 0.3) is 5.91 Å². The van der Waals surface area contributed by atoms with Crippen LogP contribution in [0.15, 0.2) is 52.7 Å². The van der Waals surface area contributed by atoms with Gasteiger partial charge in [0.05, 0.1) is 16.8 Å². The average Bonchev–Trinajstić information content (AvgIpc) is 2.74. The number of halogens is 4. The number of anilines is 2. The second-order valence-corrected chi connectivity index (χ2v) is 7.07. The molecule has 1 atom stereocenters. The normalized spacial score (nSPS) is 16.4.